The predicted molar refractivity (Wildman–Crippen MR) is 75.8 cm³/mol. The maximum atomic E-state index is 3.51. The van der Waals surface area contributed by atoms with Gasteiger partial charge in [0.25, 0.3) is 0 Å². The Balaban J connectivity index is 1.53. The first kappa shape index (κ1) is 12.9. The van der Waals surface area contributed by atoms with Gasteiger partial charge in [-0.05, 0) is 77.2 Å². The third-order valence-electron chi connectivity index (χ3n) is 5.60. The van der Waals surface area contributed by atoms with E-state index in [2.05, 4.69) is 29.1 Å². The third-order valence-corrected chi connectivity index (χ3v) is 5.60. The molecule has 1 aliphatic carbocycles. The van der Waals surface area contributed by atoms with E-state index in [-0.39, 0.29) is 0 Å². The van der Waals surface area contributed by atoms with Crippen molar-refractivity contribution in [1.82, 2.24) is 15.1 Å². The fourth-order valence-electron chi connectivity index (χ4n) is 4.20. The molecule has 0 aromatic heterocycles. The average molecular weight is 251 g/mol. The fraction of sp³-hybridized carbons (Fsp3) is 1.00. The molecule has 0 aromatic rings. The van der Waals surface area contributed by atoms with Crippen molar-refractivity contribution in [1.29, 1.82) is 0 Å². The van der Waals surface area contributed by atoms with Crippen LogP contribution < -0.4 is 5.32 Å². The van der Waals surface area contributed by atoms with E-state index in [0.29, 0.717) is 0 Å². The maximum absolute atomic E-state index is 3.51. The molecule has 3 fully saturated rings. The molecule has 3 aliphatic rings. The van der Waals surface area contributed by atoms with Crippen molar-refractivity contribution in [2.45, 2.75) is 38.6 Å². The minimum absolute atomic E-state index is 0.747. The van der Waals surface area contributed by atoms with Gasteiger partial charge in [0.15, 0.2) is 0 Å². The highest BCUT2D eigenvalue weighted by molar-refractivity contribution is 5.05. The summed E-state index contributed by atoms with van der Waals surface area (Å²) in [7, 11) is 2.27. The Hall–Kier alpha value is -0.120. The van der Waals surface area contributed by atoms with Gasteiger partial charge in [0.05, 0.1) is 0 Å². The summed E-state index contributed by atoms with van der Waals surface area (Å²) in [5, 5.41) is 3.51. The minimum Gasteiger partial charge on any atom is -0.317 e. The average Bonchev–Trinajstić information content (AvgIpc) is 3.03. The first-order valence-electron chi connectivity index (χ1n) is 7.83. The van der Waals surface area contributed by atoms with E-state index in [4.69, 9.17) is 0 Å². The highest BCUT2D eigenvalue weighted by Crippen LogP contribution is 2.58. The maximum Gasteiger partial charge on any atom is 0.0194 e. The Labute approximate surface area is 112 Å². The van der Waals surface area contributed by atoms with Crippen LogP contribution >= 0.6 is 0 Å². The van der Waals surface area contributed by atoms with E-state index >= 15 is 0 Å². The Morgan fingerprint density at radius 1 is 1.22 bits per heavy atom. The van der Waals surface area contributed by atoms with Crippen molar-refractivity contribution in [2.75, 3.05) is 46.3 Å². The Morgan fingerprint density at radius 3 is 2.78 bits per heavy atom. The van der Waals surface area contributed by atoms with Gasteiger partial charge < -0.3 is 10.2 Å². The molecule has 2 saturated heterocycles. The molecule has 3 rings (SSSR count). The molecule has 0 bridgehead atoms. The molecule has 3 heteroatoms. The Kier molecular flexibility index (Phi) is 3.65. The normalized spacial score (nSPS) is 37.7. The van der Waals surface area contributed by atoms with Crippen LogP contribution in [0.1, 0.15) is 32.6 Å². The molecular weight excluding hydrogens is 222 g/mol. The molecule has 18 heavy (non-hydrogen) atoms. The minimum atomic E-state index is 0.747. The molecule has 2 unspecified atom stereocenters. The van der Waals surface area contributed by atoms with E-state index in [9.17, 15) is 0 Å². The van der Waals surface area contributed by atoms with Gasteiger partial charge in [0.2, 0.25) is 0 Å². The highest BCUT2D eigenvalue weighted by atomic mass is 15.2. The summed E-state index contributed by atoms with van der Waals surface area (Å²) in [6.45, 7) is 10.1. The van der Waals surface area contributed by atoms with E-state index in [1.165, 1.54) is 65.0 Å². The third kappa shape index (κ3) is 2.59. The van der Waals surface area contributed by atoms with Crippen LogP contribution in [0.4, 0.5) is 0 Å². The van der Waals surface area contributed by atoms with Crippen molar-refractivity contribution < 1.29 is 0 Å². The number of nitrogens with one attached hydrogen (secondary N) is 1. The SMILES string of the molecule is CC1CN(C)CCCN1CC1CC12CCNCC2. The molecule has 2 atom stereocenters. The van der Waals surface area contributed by atoms with Crippen LogP contribution in [0.25, 0.3) is 0 Å². The summed E-state index contributed by atoms with van der Waals surface area (Å²) in [6, 6.07) is 0.747. The largest absolute Gasteiger partial charge is 0.317 e. The molecule has 0 aromatic carbocycles. The molecule has 1 N–H and O–H groups in total. The lowest BCUT2D eigenvalue weighted by Gasteiger charge is -2.30. The summed E-state index contributed by atoms with van der Waals surface area (Å²) in [5.41, 5.74) is 0.753. The van der Waals surface area contributed by atoms with Crippen LogP contribution in [0.3, 0.4) is 0 Å². The zero-order chi connectivity index (χ0) is 12.6. The van der Waals surface area contributed by atoms with E-state index < -0.39 is 0 Å². The zero-order valence-electron chi connectivity index (χ0n) is 12.1. The standard InChI is InChI=1S/C15H29N3/c1-13-11-17(2)8-3-9-18(13)12-14-10-15(14)4-6-16-7-5-15/h13-14,16H,3-12H2,1-2H3. The number of hydrogen-bond acceptors (Lipinski definition) is 3. The molecule has 2 heterocycles. The van der Waals surface area contributed by atoms with Crippen LogP contribution in [0.15, 0.2) is 0 Å². The summed E-state index contributed by atoms with van der Waals surface area (Å²) in [5.74, 6) is 1.01. The monoisotopic (exact) mass is 251 g/mol. The Morgan fingerprint density at radius 2 is 2.00 bits per heavy atom. The molecule has 0 amide bonds. The predicted octanol–water partition coefficient (Wildman–Crippen LogP) is 1.40. The number of rotatable bonds is 2. The van der Waals surface area contributed by atoms with Crippen molar-refractivity contribution in [2.24, 2.45) is 11.3 Å². The van der Waals surface area contributed by atoms with Gasteiger partial charge >= 0.3 is 0 Å². The van der Waals surface area contributed by atoms with Crippen LogP contribution in [-0.2, 0) is 0 Å². The van der Waals surface area contributed by atoms with Gasteiger partial charge in [0.1, 0.15) is 0 Å². The van der Waals surface area contributed by atoms with E-state index in [1.54, 1.807) is 0 Å². The molecule has 3 nitrogen and oxygen atoms in total. The lowest BCUT2D eigenvalue weighted by Crippen LogP contribution is -2.40. The van der Waals surface area contributed by atoms with Gasteiger partial charge in [-0.15, -0.1) is 0 Å². The van der Waals surface area contributed by atoms with Gasteiger partial charge in [-0.1, -0.05) is 0 Å². The van der Waals surface area contributed by atoms with Crippen LogP contribution in [0.2, 0.25) is 0 Å². The van der Waals surface area contributed by atoms with Crippen molar-refractivity contribution >= 4 is 0 Å². The molecule has 0 radical (unpaired) electrons. The summed E-state index contributed by atoms with van der Waals surface area (Å²) >= 11 is 0. The quantitative estimate of drug-likeness (QED) is 0.800. The summed E-state index contributed by atoms with van der Waals surface area (Å²) < 4.78 is 0. The number of nitrogens with zero attached hydrogens (tertiary/aromatic N) is 2. The van der Waals surface area contributed by atoms with Gasteiger partial charge in [-0.25, -0.2) is 0 Å². The van der Waals surface area contributed by atoms with Crippen molar-refractivity contribution in [3.63, 3.8) is 0 Å². The fourth-order valence-corrected chi connectivity index (χ4v) is 4.20. The van der Waals surface area contributed by atoms with Crippen molar-refractivity contribution in [3.8, 4) is 0 Å². The van der Waals surface area contributed by atoms with Crippen molar-refractivity contribution in [3.05, 3.63) is 0 Å². The first-order valence-corrected chi connectivity index (χ1v) is 7.83. The molecule has 1 saturated carbocycles. The van der Waals surface area contributed by atoms with Gasteiger partial charge in [-0.3, -0.25) is 4.90 Å². The smallest absolute Gasteiger partial charge is 0.0194 e. The number of likely N-dealkylation sites (N-methyl/N-ethyl adjacent to an activating group) is 1. The highest BCUT2D eigenvalue weighted by Gasteiger charge is 2.54. The van der Waals surface area contributed by atoms with Gasteiger partial charge in [0, 0.05) is 19.1 Å². The second-order valence-corrected chi connectivity index (χ2v) is 6.97. The van der Waals surface area contributed by atoms with Crippen LogP contribution in [0, 0.1) is 11.3 Å². The lowest BCUT2D eigenvalue weighted by atomic mass is 9.91. The molecule has 104 valence electrons. The number of hydrogen-bond donors (Lipinski definition) is 1. The molecular formula is C15H29N3. The number of piperidine rings is 1. The van der Waals surface area contributed by atoms with Gasteiger partial charge in [-0.2, -0.15) is 0 Å². The summed E-state index contributed by atoms with van der Waals surface area (Å²) in [6.07, 6.45) is 5.72. The first-order chi connectivity index (χ1) is 8.70. The molecule has 1 spiro atoms. The summed E-state index contributed by atoms with van der Waals surface area (Å²) in [4.78, 5) is 5.27. The zero-order valence-corrected chi connectivity index (χ0v) is 12.1. The van der Waals surface area contributed by atoms with E-state index in [0.717, 1.165) is 17.4 Å². The lowest BCUT2D eigenvalue weighted by molar-refractivity contribution is 0.178. The second kappa shape index (κ2) is 5.10. The van der Waals surface area contributed by atoms with E-state index in [1.807, 2.05) is 0 Å². The Bertz CT molecular complexity index is 285. The second-order valence-electron chi connectivity index (χ2n) is 6.97. The topological polar surface area (TPSA) is 18.5 Å². The van der Waals surface area contributed by atoms with Crippen LogP contribution in [-0.4, -0.2) is 62.2 Å². The molecule has 2 aliphatic heterocycles. The van der Waals surface area contributed by atoms with Crippen LogP contribution in [0.5, 0.6) is 0 Å².